The molecule has 0 bridgehead atoms. The van der Waals surface area contributed by atoms with Crippen LogP contribution >= 0.6 is 0 Å². The van der Waals surface area contributed by atoms with Gasteiger partial charge in [0.25, 0.3) is 0 Å². The molecule has 2 aromatic rings. The lowest BCUT2D eigenvalue weighted by Gasteiger charge is -2.28. The first-order chi connectivity index (χ1) is 12.5. The van der Waals surface area contributed by atoms with Crippen molar-refractivity contribution in [3.05, 3.63) is 59.7 Å². The van der Waals surface area contributed by atoms with Gasteiger partial charge in [0.15, 0.2) is 0 Å². The Morgan fingerprint density at radius 2 is 1.62 bits per heavy atom. The van der Waals surface area contributed by atoms with Crippen LogP contribution in [0.15, 0.2) is 48.5 Å². The minimum Gasteiger partial charge on any atom is -0.548 e. The summed E-state index contributed by atoms with van der Waals surface area (Å²) in [6.45, 7) is 2.03. The summed E-state index contributed by atoms with van der Waals surface area (Å²) >= 11 is 0. The Labute approximate surface area is 153 Å². The van der Waals surface area contributed by atoms with Gasteiger partial charge in [0.05, 0.1) is 12.0 Å². The molecular formula is C21H22NO4-. The van der Waals surface area contributed by atoms with Crippen molar-refractivity contribution in [1.82, 2.24) is 4.90 Å². The molecule has 0 heterocycles. The quantitative estimate of drug-likeness (QED) is 0.802. The fourth-order valence-corrected chi connectivity index (χ4v) is 3.57. The van der Waals surface area contributed by atoms with Gasteiger partial charge in [-0.25, -0.2) is 4.79 Å². The summed E-state index contributed by atoms with van der Waals surface area (Å²) in [5.74, 6) is -1.31. The fourth-order valence-electron chi connectivity index (χ4n) is 3.57. The van der Waals surface area contributed by atoms with E-state index >= 15 is 0 Å². The van der Waals surface area contributed by atoms with Gasteiger partial charge in [-0.2, -0.15) is 0 Å². The predicted octanol–water partition coefficient (Wildman–Crippen LogP) is 2.79. The molecule has 1 amide bonds. The van der Waals surface area contributed by atoms with Gasteiger partial charge in [0.2, 0.25) is 0 Å². The Bertz CT molecular complexity index is 772. The van der Waals surface area contributed by atoms with Crippen LogP contribution in [0.2, 0.25) is 0 Å². The van der Waals surface area contributed by atoms with E-state index in [9.17, 15) is 14.7 Å². The monoisotopic (exact) mass is 352 g/mol. The average Bonchev–Trinajstić information content (AvgIpc) is 2.97. The molecule has 1 atom stereocenters. The molecule has 5 heteroatoms. The fraction of sp³-hybridized carbons (Fsp3) is 0.333. The minimum absolute atomic E-state index is 0.0488. The first-order valence-corrected chi connectivity index (χ1v) is 8.83. The molecule has 2 aromatic carbocycles. The first kappa shape index (κ1) is 18.0. The minimum atomic E-state index is -1.26. The third-order valence-electron chi connectivity index (χ3n) is 4.93. The van der Waals surface area contributed by atoms with Crippen LogP contribution in [0.4, 0.5) is 4.79 Å². The van der Waals surface area contributed by atoms with Gasteiger partial charge in [-0.3, -0.25) is 0 Å². The largest absolute Gasteiger partial charge is 0.548 e. The molecule has 1 aliphatic carbocycles. The molecule has 0 saturated heterocycles. The maximum Gasteiger partial charge on any atom is 0.410 e. The normalized spacial score (nSPS) is 13.6. The van der Waals surface area contributed by atoms with Crippen molar-refractivity contribution in [3.63, 3.8) is 0 Å². The second-order valence-corrected chi connectivity index (χ2v) is 6.54. The number of hydrogen-bond donors (Lipinski definition) is 0. The number of carbonyl (C=O) groups is 2. The lowest BCUT2D eigenvalue weighted by atomic mass is 9.98. The van der Waals surface area contributed by atoms with E-state index in [1.807, 2.05) is 43.3 Å². The number of aliphatic carboxylic acids is 1. The summed E-state index contributed by atoms with van der Waals surface area (Å²) in [5.41, 5.74) is 4.54. The lowest BCUT2D eigenvalue weighted by Crippen LogP contribution is -2.49. The van der Waals surface area contributed by atoms with E-state index in [0.29, 0.717) is 12.8 Å². The zero-order valence-corrected chi connectivity index (χ0v) is 15.0. The highest BCUT2D eigenvalue weighted by Gasteiger charge is 2.30. The summed E-state index contributed by atoms with van der Waals surface area (Å²) in [6.07, 6.45) is 0.331. The number of ether oxygens (including phenoxy) is 1. The Hall–Kier alpha value is -2.82. The number of hydrogen-bond acceptors (Lipinski definition) is 4. The van der Waals surface area contributed by atoms with Gasteiger partial charge < -0.3 is 19.5 Å². The Kier molecular flexibility index (Phi) is 5.26. The van der Waals surface area contributed by atoms with Crippen LogP contribution in [0.5, 0.6) is 0 Å². The van der Waals surface area contributed by atoms with Crippen LogP contribution in [0.1, 0.15) is 36.8 Å². The molecular weight excluding hydrogens is 330 g/mol. The van der Waals surface area contributed by atoms with E-state index < -0.39 is 18.1 Å². The standard InChI is InChI=1S/C21H23NO4/c1-3-8-19(20(23)24)22(2)21(25)26-13-18-16-11-6-4-9-14(16)15-10-5-7-12-17(15)18/h4-7,9-12,18-19H,3,8,13H2,1-2H3,(H,23,24)/p-1/t19-/m0/s1. The molecule has 0 N–H and O–H groups in total. The van der Waals surface area contributed by atoms with Crippen molar-refractivity contribution >= 4 is 12.1 Å². The van der Waals surface area contributed by atoms with Gasteiger partial charge >= 0.3 is 6.09 Å². The van der Waals surface area contributed by atoms with Gasteiger partial charge in [-0.05, 0) is 28.7 Å². The summed E-state index contributed by atoms with van der Waals surface area (Å²) in [5, 5.41) is 11.3. The molecule has 5 nitrogen and oxygen atoms in total. The average molecular weight is 352 g/mol. The molecule has 0 unspecified atom stereocenters. The number of carboxylic acid groups (broad SMARTS) is 1. The third-order valence-corrected chi connectivity index (χ3v) is 4.93. The van der Waals surface area contributed by atoms with E-state index in [1.54, 1.807) is 0 Å². The van der Waals surface area contributed by atoms with Crippen LogP contribution in [0.25, 0.3) is 11.1 Å². The zero-order chi connectivity index (χ0) is 18.7. The molecule has 0 saturated carbocycles. The lowest BCUT2D eigenvalue weighted by molar-refractivity contribution is -0.311. The highest BCUT2D eigenvalue weighted by molar-refractivity contribution is 5.80. The molecule has 1 aliphatic rings. The van der Waals surface area contributed by atoms with Crippen molar-refractivity contribution in [1.29, 1.82) is 0 Å². The number of fused-ring (bicyclic) bond motifs is 3. The predicted molar refractivity (Wildman–Crippen MR) is 96.5 cm³/mol. The number of benzene rings is 2. The SMILES string of the molecule is CCC[C@@H](C(=O)[O-])N(C)C(=O)OCC1c2ccccc2-c2ccccc21. The zero-order valence-electron chi connectivity index (χ0n) is 15.0. The second kappa shape index (κ2) is 7.60. The van der Waals surface area contributed by atoms with Gasteiger partial charge in [-0.15, -0.1) is 0 Å². The Morgan fingerprint density at radius 1 is 1.08 bits per heavy atom. The van der Waals surface area contributed by atoms with E-state index in [2.05, 4.69) is 12.1 Å². The summed E-state index contributed by atoms with van der Waals surface area (Å²) < 4.78 is 5.47. The molecule has 3 rings (SSSR count). The summed E-state index contributed by atoms with van der Waals surface area (Å²) in [6, 6.07) is 15.2. The molecule has 26 heavy (non-hydrogen) atoms. The highest BCUT2D eigenvalue weighted by Crippen LogP contribution is 2.44. The van der Waals surface area contributed by atoms with Crippen LogP contribution in [0.3, 0.4) is 0 Å². The molecule has 0 aliphatic heterocycles. The van der Waals surface area contributed by atoms with Crippen molar-refractivity contribution in [2.45, 2.75) is 31.7 Å². The van der Waals surface area contributed by atoms with Crippen LogP contribution in [-0.4, -0.2) is 36.7 Å². The van der Waals surface area contributed by atoms with E-state index in [0.717, 1.165) is 27.2 Å². The maximum absolute atomic E-state index is 12.4. The Morgan fingerprint density at radius 3 is 2.12 bits per heavy atom. The molecule has 0 fully saturated rings. The van der Waals surface area contributed by atoms with Crippen LogP contribution in [0, 0.1) is 0 Å². The maximum atomic E-state index is 12.4. The molecule has 0 radical (unpaired) electrons. The number of nitrogens with zero attached hydrogens (tertiary/aromatic N) is 1. The highest BCUT2D eigenvalue weighted by atomic mass is 16.6. The van der Waals surface area contributed by atoms with Crippen molar-refractivity contribution < 1.29 is 19.4 Å². The number of rotatable bonds is 6. The van der Waals surface area contributed by atoms with Crippen LogP contribution < -0.4 is 5.11 Å². The smallest absolute Gasteiger partial charge is 0.410 e. The van der Waals surface area contributed by atoms with Crippen LogP contribution in [-0.2, 0) is 9.53 Å². The first-order valence-electron chi connectivity index (χ1n) is 8.83. The molecule has 0 spiro atoms. The topological polar surface area (TPSA) is 69.7 Å². The summed E-state index contributed by atoms with van der Waals surface area (Å²) in [7, 11) is 1.44. The van der Waals surface area contributed by atoms with Gasteiger partial charge in [-0.1, -0.05) is 61.9 Å². The van der Waals surface area contributed by atoms with E-state index in [-0.39, 0.29) is 12.5 Å². The van der Waals surface area contributed by atoms with Crippen molar-refractivity contribution in [2.24, 2.45) is 0 Å². The van der Waals surface area contributed by atoms with Crippen molar-refractivity contribution in [2.75, 3.05) is 13.7 Å². The number of amides is 1. The van der Waals surface area contributed by atoms with Gasteiger partial charge in [0, 0.05) is 13.0 Å². The third kappa shape index (κ3) is 3.29. The van der Waals surface area contributed by atoms with Gasteiger partial charge in [0.1, 0.15) is 6.61 Å². The molecule has 136 valence electrons. The summed E-state index contributed by atoms with van der Waals surface area (Å²) in [4.78, 5) is 24.7. The Balaban J connectivity index is 1.75. The second-order valence-electron chi connectivity index (χ2n) is 6.54. The number of likely N-dealkylation sites (N-methyl/N-ethyl adjacent to an activating group) is 1. The van der Waals surface area contributed by atoms with Crippen molar-refractivity contribution in [3.8, 4) is 11.1 Å². The number of carboxylic acids is 1. The number of carbonyl (C=O) groups excluding carboxylic acids is 2. The van der Waals surface area contributed by atoms with E-state index in [4.69, 9.17) is 4.74 Å². The van der Waals surface area contributed by atoms with E-state index in [1.165, 1.54) is 7.05 Å². The molecule has 0 aromatic heterocycles.